The summed E-state index contributed by atoms with van der Waals surface area (Å²) in [5.74, 6) is 0.756. The Kier molecular flexibility index (Phi) is 3.32. The largest absolute Gasteiger partial charge is 0.175 e. The van der Waals surface area contributed by atoms with E-state index in [2.05, 4.69) is 12.6 Å². The van der Waals surface area contributed by atoms with E-state index in [0.29, 0.717) is 0 Å². The molecule has 0 fully saturated rings. The van der Waals surface area contributed by atoms with Crippen molar-refractivity contribution in [3.63, 3.8) is 0 Å². The SMILES string of the molecule is SCC=Cc1ccsc1Cl. The molecule has 1 aromatic heterocycles. The standard InChI is InChI=1S/C7H7ClS2/c8-7-6(2-1-4-9)3-5-10-7/h1-3,5,9H,4H2. The molecule has 0 aliphatic rings. The zero-order valence-corrected chi connectivity index (χ0v) is 7.72. The lowest BCUT2D eigenvalue weighted by molar-refractivity contribution is 1.79. The van der Waals surface area contributed by atoms with Gasteiger partial charge in [-0.2, -0.15) is 12.6 Å². The summed E-state index contributed by atoms with van der Waals surface area (Å²) in [6, 6.07) is 1.99. The molecule has 1 rings (SSSR count). The lowest BCUT2D eigenvalue weighted by atomic mass is 10.3. The van der Waals surface area contributed by atoms with Crippen LogP contribution in [0.2, 0.25) is 4.34 Å². The lowest BCUT2D eigenvalue weighted by Gasteiger charge is -1.84. The number of thiophene rings is 1. The predicted molar refractivity (Wildman–Crippen MR) is 52.2 cm³/mol. The molecule has 0 N–H and O–H groups in total. The fourth-order valence-corrected chi connectivity index (χ4v) is 1.59. The molecule has 0 bridgehead atoms. The molecule has 1 aromatic rings. The van der Waals surface area contributed by atoms with E-state index >= 15 is 0 Å². The highest BCUT2D eigenvalue weighted by Crippen LogP contribution is 2.23. The summed E-state index contributed by atoms with van der Waals surface area (Å²) in [6.07, 6.45) is 3.95. The molecule has 0 radical (unpaired) electrons. The van der Waals surface area contributed by atoms with Gasteiger partial charge in [0.2, 0.25) is 0 Å². The van der Waals surface area contributed by atoms with Crippen molar-refractivity contribution in [2.75, 3.05) is 5.75 Å². The van der Waals surface area contributed by atoms with Gasteiger partial charge in [-0.25, -0.2) is 0 Å². The van der Waals surface area contributed by atoms with Crippen LogP contribution in [0, 0.1) is 0 Å². The van der Waals surface area contributed by atoms with Crippen molar-refractivity contribution in [3.8, 4) is 0 Å². The Bertz CT molecular complexity index is 227. The molecule has 0 atom stereocenters. The molecular weight excluding hydrogens is 184 g/mol. The van der Waals surface area contributed by atoms with Crippen LogP contribution in [0.4, 0.5) is 0 Å². The van der Waals surface area contributed by atoms with Crippen LogP contribution in [0.25, 0.3) is 6.08 Å². The van der Waals surface area contributed by atoms with E-state index in [9.17, 15) is 0 Å². The fourth-order valence-electron chi connectivity index (χ4n) is 0.601. The maximum Gasteiger partial charge on any atom is 0.100 e. The number of hydrogen-bond donors (Lipinski definition) is 1. The van der Waals surface area contributed by atoms with E-state index in [1.165, 1.54) is 0 Å². The van der Waals surface area contributed by atoms with Crippen molar-refractivity contribution in [2.24, 2.45) is 0 Å². The third kappa shape index (κ3) is 2.04. The summed E-state index contributed by atoms with van der Waals surface area (Å²) in [5, 5.41) is 1.97. The summed E-state index contributed by atoms with van der Waals surface area (Å²) in [4.78, 5) is 0. The molecule has 10 heavy (non-hydrogen) atoms. The highest BCUT2D eigenvalue weighted by Gasteiger charge is 1.94. The molecule has 0 saturated carbocycles. The smallest absolute Gasteiger partial charge is 0.100 e. The maximum atomic E-state index is 5.82. The van der Waals surface area contributed by atoms with Crippen LogP contribution in [-0.4, -0.2) is 5.75 Å². The molecule has 0 nitrogen and oxygen atoms in total. The summed E-state index contributed by atoms with van der Waals surface area (Å²) in [6.45, 7) is 0. The molecule has 0 amide bonds. The highest BCUT2D eigenvalue weighted by atomic mass is 35.5. The van der Waals surface area contributed by atoms with Gasteiger partial charge in [0, 0.05) is 11.3 Å². The first-order chi connectivity index (χ1) is 4.84. The zero-order chi connectivity index (χ0) is 7.40. The molecule has 0 spiro atoms. The lowest BCUT2D eigenvalue weighted by Crippen LogP contribution is -1.63. The molecule has 0 unspecified atom stereocenters. The minimum absolute atomic E-state index is 0.756. The Morgan fingerprint density at radius 1 is 1.70 bits per heavy atom. The normalized spacial score (nSPS) is 11.0. The Balaban J connectivity index is 2.74. The summed E-state index contributed by atoms with van der Waals surface area (Å²) >= 11 is 11.4. The van der Waals surface area contributed by atoms with Crippen molar-refractivity contribution >= 4 is 41.6 Å². The van der Waals surface area contributed by atoms with E-state index < -0.39 is 0 Å². The van der Waals surface area contributed by atoms with Crippen LogP contribution in [0.15, 0.2) is 17.5 Å². The molecule has 54 valence electrons. The van der Waals surface area contributed by atoms with Gasteiger partial charge in [0.15, 0.2) is 0 Å². The first kappa shape index (κ1) is 8.18. The second-order valence-corrected chi connectivity index (χ2v) is 3.62. The molecule has 3 heteroatoms. The average Bonchev–Trinajstić information content (AvgIpc) is 2.31. The predicted octanol–water partition coefficient (Wildman–Crippen LogP) is 3.34. The van der Waals surface area contributed by atoms with Gasteiger partial charge in [0.25, 0.3) is 0 Å². The highest BCUT2D eigenvalue weighted by molar-refractivity contribution is 7.80. The van der Waals surface area contributed by atoms with Crippen molar-refractivity contribution in [1.82, 2.24) is 0 Å². The number of halogens is 1. The van der Waals surface area contributed by atoms with Crippen molar-refractivity contribution in [3.05, 3.63) is 27.4 Å². The summed E-state index contributed by atoms with van der Waals surface area (Å²) in [7, 11) is 0. The average molecular weight is 191 g/mol. The van der Waals surface area contributed by atoms with Crippen molar-refractivity contribution in [2.45, 2.75) is 0 Å². The Labute approximate surface area is 74.9 Å². The molecule has 1 heterocycles. The van der Waals surface area contributed by atoms with Crippen LogP contribution < -0.4 is 0 Å². The zero-order valence-electron chi connectivity index (χ0n) is 5.25. The third-order valence-corrected chi connectivity index (χ3v) is 2.46. The minimum atomic E-state index is 0.756. The van der Waals surface area contributed by atoms with Gasteiger partial charge in [0.1, 0.15) is 4.34 Å². The Hall–Kier alpha value is 0.0800. The third-order valence-electron chi connectivity index (χ3n) is 1.05. The molecule has 0 aromatic carbocycles. The first-order valence-corrected chi connectivity index (χ1v) is 4.74. The van der Waals surface area contributed by atoms with Gasteiger partial charge in [-0.1, -0.05) is 23.8 Å². The van der Waals surface area contributed by atoms with Gasteiger partial charge in [0.05, 0.1) is 0 Å². The minimum Gasteiger partial charge on any atom is -0.175 e. The summed E-state index contributed by atoms with van der Waals surface area (Å²) < 4.78 is 0.845. The molecular formula is C7H7ClS2. The topological polar surface area (TPSA) is 0 Å². The maximum absolute atomic E-state index is 5.82. The van der Waals surface area contributed by atoms with E-state index in [1.807, 2.05) is 23.6 Å². The van der Waals surface area contributed by atoms with Gasteiger partial charge < -0.3 is 0 Å². The first-order valence-electron chi connectivity index (χ1n) is 2.85. The molecule has 0 aliphatic carbocycles. The van der Waals surface area contributed by atoms with Gasteiger partial charge in [-0.05, 0) is 11.4 Å². The number of rotatable bonds is 2. The monoisotopic (exact) mass is 190 g/mol. The second kappa shape index (κ2) is 4.06. The van der Waals surface area contributed by atoms with Gasteiger partial charge in [-0.15, -0.1) is 11.3 Å². The van der Waals surface area contributed by atoms with Crippen LogP contribution in [0.1, 0.15) is 5.56 Å². The number of thiol groups is 1. The van der Waals surface area contributed by atoms with Crippen LogP contribution in [-0.2, 0) is 0 Å². The Morgan fingerprint density at radius 3 is 3.00 bits per heavy atom. The van der Waals surface area contributed by atoms with Gasteiger partial charge >= 0.3 is 0 Å². The summed E-state index contributed by atoms with van der Waals surface area (Å²) in [5.41, 5.74) is 1.08. The van der Waals surface area contributed by atoms with E-state index in [-0.39, 0.29) is 0 Å². The fraction of sp³-hybridized carbons (Fsp3) is 0.143. The number of hydrogen-bond acceptors (Lipinski definition) is 2. The molecule has 0 aliphatic heterocycles. The quantitative estimate of drug-likeness (QED) is 0.680. The Morgan fingerprint density at radius 2 is 2.50 bits per heavy atom. The van der Waals surface area contributed by atoms with Crippen molar-refractivity contribution in [1.29, 1.82) is 0 Å². The van der Waals surface area contributed by atoms with Crippen LogP contribution >= 0.6 is 35.6 Å². The van der Waals surface area contributed by atoms with E-state index in [0.717, 1.165) is 15.7 Å². The van der Waals surface area contributed by atoms with E-state index in [4.69, 9.17) is 11.6 Å². The molecule has 0 saturated heterocycles. The van der Waals surface area contributed by atoms with Gasteiger partial charge in [-0.3, -0.25) is 0 Å². The van der Waals surface area contributed by atoms with Crippen LogP contribution in [0.3, 0.4) is 0 Å². The van der Waals surface area contributed by atoms with Crippen LogP contribution in [0.5, 0.6) is 0 Å². The second-order valence-electron chi connectivity index (χ2n) is 1.73. The van der Waals surface area contributed by atoms with E-state index in [1.54, 1.807) is 11.3 Å². The van der Waals surface area contributed by atoms with Crippen molar-refractivity contribution < 1.29 is 0 Å².